The highest BCUT2D eigenvalue weighted by Crippen LogP contribution is 2.18. The van der Waals surface area contributed by atoms with Crippen LogP contribution in [0.4, 0.5) is 5.69 Å². The van der Waals surface area contributed by atoms with Gasteiger partial charge in [-0.15, -0.1) is 0 Å². The molecule has 0 spiro atoms. The zero-order valence-corrected chi connectivity index (χ0v) is 9.84. The third-order valence-electron chi connectivity index (χ3n) is 2.46. The number of amides is 1. The molecule has 0 atom stereocenters. The largest absolute Gasteiger partial charge is 0.340 e. The Labute approximate surface area is 99.2 Å². The van der Waals surface area contributed by atoms with Crippen molar-refractivity contribution in [2.45, 2.75) is 6.92 Å². The first-order chi connectivity index (χ1) is 7.97. The van der Waals surface area contributed by atoms with Gasteiger partial charge in [0.25, 0.3) is 11.6 Å². The predicted octanol–water partition coefficient (Wildman–Crippen LogP) is 0.934. The number of rotatable bonds is 4. The van der Waals surface area contributed by atoms with E-state index < -0.39 is 4.92 Å². The smallest absolute Gasteiger partial charge is 0.269 e. The van der Waals surface area contributed by atoms with Gasteiger partial charge in [-0.25, -0.2) is 0 Å². The summed E-state index contributed by atoms with van der Waals surface area (Å²) in [7, 11) is 1.65. The number of hydrogen-bond donors (Lipinski definition) is 1. The summed E-state index contributed by atoms with van der Waals surface area (Å²) in [5.74, 6) is -0.178. The number of nitrogens with zero attached hydrogens (tertiary/aromatic N) is 2. The van der Waals surface area contributed by atoms with E-state index in [2.05, 4.69) is 0 Å². The molecule has 0 aliphatic heterocycles. The molecule has 0 saturated carbocycles. The third kappa shape index (κ3) is 3.01. The molecule has 0 bridgehead atoms. The molecule has 2 N–H and O–H groups in total. The lowest BCUT2D eigenvalue weighted by atomic mass is 10.1. The Morgan fingerprint density at radius 3 is 2.65 bits per heavy atom. The number of hydrogen-bond acceptors (Lipinski definition) is 4. The van der Waals surface area contributed by atoms with Gasteiger partial charge in [-0.3, -0.25) is 14.9 Å². The Morgan fingerprint density at radius 1 is 1.53 bits per heavy atom. The topological polar surface area (TPSA) is 89.5 Å². The van der Waals surface area contributed by atoms with E-state index in [0.717, 1.165) is 0 Å². The molecule has 92 valence electrons. The maximum absolute atomic E-state index is 11.9. The number of nitro benzene ring substituents is 1. The second-order valence-corrected chi connectivity index (χ2v) is 3.77. The lowest BCUT2D eigenvalue weighted by Crippen LogP contribution is -2.32. The normalized spacial score (nSPS) is 10.1. The summed E-state index contributed by atoms with van der Waals surface area (Å²) in [5.41, 5.74) is 6.41. The van der Waals surface area contributed by atoms with Crippen LogP contribution in [0.3, 0.4) is 0 Å². The number of benzene rings is 1. The summed E-state index contributed by atoms with van der Waals surface area (Å²) in [6.07, 6.45) is 0. The van der Waals surface area contributed by atoms with Crippen molar-refractivity contribution in [2.75, 3.05) is 20.1 Å². The monoisotopic (exact) mass is 237 g/mol. The van der Waals surface area contributed by atoms with Gasteiger partial charge in [0.15, 0.2) is 0 Å². The number of nitro groups is 1. The van der Waals surface area contributed by atoms with Gasteiger partial charge in [-0.05, 0) is 18.6 Å². The molecule has 0 radical (unpaired) electrons. The molecule has 1 rings (SSSR count). The van der Waals surface area contributed by atoms with E-state index in [4.69, 9.17) is 5.73 Å². The molecule has 1 aromatic rings. The zero-order chi connectivity index (χ0) is 13.0. The van der Waals surface area contributed by atoms with Crippen molar-refractivity contribution in [3.63, 3.8) is 0 Å². The fourth-order valence-electron chi connectivity index (χ4n) is 1.50. The minimum atomic E-state index is -0.481. The van der Waals surface area contributed by atoms with Crippen molar-refractivity contribution >= 4 is 11.6 Å². The van der Waals surface area contributed by atoms with Gasteiger partial charge in [-0.2, -0.15) is 0 Å². The highest BCUT2D eigenvalue weighted by atomic mass is 16.6. The number of non-ortho nitro benzene ring substituents is 1. The summed E-state index contributed by atoms with van der Waals surface area (Å²) < 4.78 is 0. The van der Waals surface area contributed by atoms with Crippen LogP contribution in [-0.4, -0.2) is 35.9 Å². The van der Waals surface area contributed by atoms with Crippen molar-refractivity contribution in [2.24, 2.45) is 5.73 Å². The number of likely N-dealkylation sites (N-methyl/N-ethyl adjacent to an activating group) is 1. The van der Waals surface area contributed by atoms with Gasteiger partial charge in [0, 0.05) is 37.8 Å². The van der Waals surface area contributed by atoms with Crippen LogP contribution < -0.4 is 5.73 Å². The highest BCUT2D eigenvalue weighted by Gasteiger charge is 2.16. The molecule has 0 aliphatic carbocycles. The van der Waals surface area contributed by atoms with Crippen LogP contribution in [0.2, 0.25) is 0 Å². The van der Waals surface area contributed by atoms with E-state index in [0.29, 0.717) is 24.2 Å². The van der Waals surface area contributed by atoms with Crippen molar-refractivity contribution in [1.29, 1.82) is 0 Å². The summed E-state index contributed by atoms with van der Waals surface area (Å²) >= 11 is 0. The SMILES string of the molecule is Cc1cc([N+](=O)[O-])ccc1C(=O)N(C)CCN. The first-order valence-electron chi connectivity index (χ1n) is 5.18. The van der Waals surface area contributed by atoms with E-state index in [1.807, 2.05) is 0 Å². The average Bonchev–Trinajstić information content (AvgIpc) is 2.28. The summed E-state index contributed by atoms with van der Waals surface area (Å²) in [6, 6.07) is 4.20. The van der Waals surface area contributed by atoms with Crippen LogP contribution >= 0.6 is 0 Å². The lowest BCUT2D eigenvalue weighted by molar-refractivity contribution is -0.384. The zero-order valence-electron chi connectivity index (χ0n) is 9.84. The Bertz CT molecular complexity index is 446. The first kappa shape index (κ1) is 13.1. The van der Waals surface area contributed by atoms with Gasteiger partial charge in [0.1, 0.15) is 0 Å². The van der Waals surface area contributed by atoms with E-state index in [1.165, 1.54) is 23.1 Å². The average molecular weight is 237 g/mol. The van der Waals surface area contributed by atoms with Gasteiger partial charge < -0.3 is 10.6 Å². The third-order valence-corrected chi connectivity index (χ3v) is 2.46. The summed E-state index contributed by atoms with van der Waals surface area (Å²) in [4.78, 5) is 23.5. The quantitative estimate of drug-likeness (QED) is 0.623. The molecule has 1 aromatic carbocycles. The van der Waals surface area contributed by atoms with Crippen LogP contribution in [-0.2, 0) is 0 Å². The molecule has 6 nitrogen and oxygen atoms in total. The highest BCUT2D eigenvalue weighted by molar-refractivity contribution is 5.95. The maximum Gasteiger partial charge on any atom is 0.269 e. The van der Waals surface area contributed by atoms with E-state index in [9.17, 15) is 14.9 Å². The molecule has 0 aliphatic rings. The Kier molecular flexibility index (Phi) is 4.17. The van der Waals surface area contributed by atoms with Crippen molar-refractivity contribution in [3.05, 3.63) is 39.4 Å². The molecule has 0 heterocycles. The fraction of sp³-hybridized carbons (Fsp3) is 0.364. The second-order valence-electron chi connectivity index (χ2n) is 3.77. The van der Waals surface area contributed by atoms with Crippen LogP contribution in [0.25, 0.3) is 0 Å². The number of nitrogens with two attached hydrogens (primary N) is 1. The standard InChI is InChI=1S/C11H15N3O3/c1-8-7-9(14(16)17)3-4-10(8)11(15)13(2)6-5-12/h3-4,7H,5-6,12H2,1-2H3. The molecule has 0 saturated heterocycles. The fourth-order valence-corrected chi connectivity index (χ4v) is 1.50. The van der Waals surface area contributed by atoms with Crippen LogP contribution in [0.5, 0.6) is 0 Å². The summed E-state index contributed by atoms with van der Waals surface area (Å²) in [6.45, 7) is 2.51. The van der Waals surface area contributed by atoms with Gasteiger partial charge in [-0.1, -0.05) is 0 Å². The minimum absolute atomic E-state index is 0.0134. The molecule has 6 heteroatoms. The van der Waals surface area contributed by atoms with E-state index >= 15 is 0 Å². The van der Waals surface area contributed by atoms with Crippen molar-refractivity contribution in [1.82, 2.24) is 4.90 Å². The van der Waals surface area contributed by atoms with Crippen LogP contribution in [0, 0.1) is 17.0 Å². The molecule has 0 fully saturated rings. The van der Waals surface area contributed by atoms with Gasteiger partial charge >= 0.3 is 0 Å². The second kappa shape index (κ2) is 5.40. The van der Waals surface area contributed by atoms with Crippen LogP contribution in [0.15, 0.2) is 18.2 Å². The minimum Gasteiger partial charge on any atom is -0.340 e. The first-order valence-corrected chi connectivity index (χ1v) is 5.18. The van der Waals surface area contributed by atoms with Crippen molar-refractivity contribution in [3.8, 4) is 0 Å². The molecule has 17 heavy (non-hydrogen) atoms. The Balaban J connectivity index is 3.00. The van der Waals surface area contributed by atoms with Crippen LogP contribution in [0.1, 0.15) is 15.9 Å². The molecular weight excluding hydrogens is 222 g/mol. The Morgan fingerprint density at radius 2 is 2.18 bits per heavy atom. The van der Waals surface area contributed by atoms with E-state index in [-0.39, 0.29) is 11.6 Å². The molecule has 0 aromatic heterocycles. The predicted molar refractivity (Wildman–Crippen MR) is 63.8 cm³/mol. The number of carbonyl (C=O) groups is 1. The van der Waals surface area contributed by atoms with Crippen molar-refractivity contribution < 1.29 is 9.72 Å². The Hall–Kier alpha value is -1.95. The summed E-state index contributed by atoms with van der Waals surface area (Å²) in [5, 5.41) is 10.6. The molecular formula is C11H15N3O3. The molecule has 1 amide bonds. The van der Waals surface area contributed by atoms with Gasteiger partial charge in [0.2, 0.25) is 0 Å². The lowest BCUT2D eigenvalue weighted by Gasteiger charge is -2.17. The van der Waals surface area contributed by atoms with Gasteiger partial charge in [0.05, 0.1) is 4.92 Å². The number of carbonyl (C=O) groups excluding carboxylic acids is 1. The van der Waals surface area contributed by atoms with E-state index in [1.54, 1.807) is 14.0 Å². The molecule has 0 unspecified atom stereocenters. The number of aryl methyl sites for hydroxylation is 1. The maximum atomic E-state index is 11.9.